The van der Waals surface area contributed by atoms with Crippen LogP contribution < -0.4 is 9.64 Å². The first-order valence-electron chi connectivity index (χ1n) is 18.6. The molecule has 11 rings (SSSR count). The third kappa shape index (κ3) is 4.11. The van der Waals surface area contributed by atoms with Gasteiger partial charge in [-0.25, -0.2) is 0 Å². The number of anilines is 3. The number of ether oxygens (including phenoxy) is 1. The minimum absolute atomic E-state index is 0.0735. The molecule has 1 aromatic heterocycles. The molecule has 0 unspecified atom stereocenters. The van der Waals surface area contributed by atoms with Crippen LogP contribution in [0.3, 0.4) is 0 Å². The summed E-state index contributed by atoms with van der Waals surface area (Å²) >= 11 is 0. The summed E-state index contributed by atoms with van der Waals surface area (Å²) in [6.07, 6.45) is 0. The predicted octanol–water partition coefficient (Wildman–Crippen LogP) is 13.5. The molecule has 2 heterocycles. The van der Waals surface area contributed by atoms with E-state index < -0.39 is 0 Å². The first kappa shape index (κ1) is 30.3. The van der Waals surface area contributed by atoms with E-state index in [9.17, 15) is 0 Å². The van der Waals surface area contributed by atoms with Crippen molar-refractivity contribution in [1.29, 1.82) is 0 Å². The molecule has 0 saturated heterocycles. The Hall–Kier alpha value is -6.32. The Morgan fingerprint density at radius 1 is 0.453 bits per heavy atom. The van der Waals surface area contributed by atoms with E-state index in [1.807, 2.05) is 24.3 Å². The zero-order valence-corrected chi connectivity index (χ0v) is 30.3. The van der Waals surface area contributed by atoms with Crippen molar-refractivity contribution in [1.82, 2.24) is 4.57 Å². The maximum Gasteiger partial charge on any atom is 0.151 e. The van der Waals surface area contributed by atoms with E-state index in [-0.39, 0.29) is 10.8 Å². The molecule has 0 fully saturated rings. The molecule has 2 aliphatic carbocycles. The van der Waals surface area contributed by atoms with Gasteiger partial charge in [0.1, 0.15) is 0 Å². The van der Waals surface area contributed by atoms with Crippen molar-refractivity contribution >= 4 is 28.0 Å². The third-order valence-corrected chi connectivity index (χ3v) is 12.2. The first-order valence-corrected chi connectivity index (χ1v) is 18.6. The fraction of sp³-hybridized carbons (Fsp3) is 0.120. The smallest absolute Gasteiger partial charge is 0.151 e. The second-order valence-corrected chi connectivity index (χ2v) is 15.8. The molecule has 1 aliphatic heterocycles. The molecule has 3 nitrogen and oxygen atoms in total. The molecule has 7 aromatic carbocycles. The van der Waals surface area contributed by atoms with E-state index in [0.29, 0.717) is 0 Å². The Kier molecular flexibility index (Phi) is 6.07. The van der Waals surface area contributed by atoms with E-state index in [4.69, 9.17) is 4.74 Å². The summed E-state index contributed by atoms with van der Waals surface area (Å²) in [7, 11) is 0. The van der Waals surface area contributed by atoms with Gasteiger partial charge < -0.3 is 14.2 Å². The van der Waals surface area contributed by atoms with Crippen LogP contribution in [-0.4, -0.2) is 4.57 Å². The van der Waals surface area contributed by atoms with Gasteiger partial charge in [-0.1, -0.05) is 125 Å². The quantitative estimate of drug-likeness (QED) is 0.185. The highest BCUT2D eigenvalue weighted by atomic mass is 16.5. The molecule has 0 radical (unpaired) electrons. The van der Waals surface area contributed by atoms with Crippen molar-refractivity contribution in [3.8, 4) is 50.7 Å². The van der Waals surface area contributed by atoms with Crippen molar-refractivity contribution in [3.05, 3.63) is 180 Å². The van der Waals surface area contributed by atoms with Gasteiger partial charge >= 0.3 is 0 Å². The number of aromatic nitrogens is 1. The summed E-state index contributed by atoms with van der Waals surface area (Å²) in [6.45, 7) is 9.52. The van der Waals surface area contributed by atoms with Gasteiger partial charge in [-0.05, 0) is 105 Å². The molecule has 0 saturated carbocycles. The molecule has 254 valence electrons. The summed E-state index contributed by atoms with van der Waals surface area (Å²) in [5, 5.41) is 1.31. The average Bonchev–Trinajstić information content (AvgIpc) is 3.74. The Bertz CT molecular complexity index is 2770. The lowest BCUT2D eigenvalue weighted by molar-refractivity contribution is 0.477. The standard InChI is InChI=1S/C50H38N2O/c1-49(2)39-15-7-5-13-35(39)36-27-26-34(30-41(36)49)52-42-28-23-32(29-38(42)47-48(52)37-14-6-8-16-40(37)50(47,3)4)31-21-24-33(25-22-31)51-43-17-9-11-19-45(43)53-46-20-12-10-18-44(46)51/h5-30H,1-4H3. The molecule has 0 atom stereocenters. The van der Waals surface area contributed by atoms with E-state index in [2.05, 4.69) is 171 Å². The fourth-order valence-corrected chi connectivity index (χ4v) is 9.61. The maximum absolute atomic E-state index is 6.28. The highest BCUT2D eigenvalue weighted by Crippen LogP contribution is 2.56. The third-order valence-electron chi connectivity index (χ3n) is 12.2. The van der Waals surface area contributed by atoms with Gasteiger partial charge in [0.05, 0.1) is 22.6 Å². The predicted molar refractivity (Wildman–Crippen MR) is 219 cm³/mol. The van der Waals surface area contributed by atoms with Crippen LogP contribution in [-0.2, 0) is 10.8 Å². The lowest BCUT2D eigenvalue weighted by Crippen LogP contribution is -2.15. The lowest BCUT2D eigenvalue weighted by atomic mass is 9.81. The molecular formula is C50H38N2O. The van der Waals surface area contributed by atoms with Crippen molar-refractivity contribution in [3.63, 3.8) is 0 Å². The van der Waals surface area contributed by atoms with Crippen LogP contribution in [0.5, 0.6) is 11.5 Å². The Balaban J connectivity index is 1.07. The van der Waals surface area contributed by atoms with Crippen LogP contribution >= 0.6 is 0 Å². The van der Waals surface area contributed by atoms with Crippen molar-refractivity contribution in [2.45, 2.75) is 38.5 Å². The van der Waals surface area contributed by atoms with Crippen LogP contribution in [0.4, 0.5) is 17.1 Å². The van der Waals surface area contributed by atoms with Gasteiger partial charge in [0.15, 0.2) is 11.5 Å². The summed E-state index contributed by atoms with van der Waals surface area (Å²) in [5.74, 6) is 1.72. The number of rotatable bonds is 3. The molecule has 53 heavy (non-hydrogen) atoms. The van der Waals surface area contributed by atoms with E-state index in [0.717, 1.165) is 28.6 Å². The average molecular weight is 683 g/mol. The zero-order valence-electron chi connectivity index (χ0n) is 30.3. The summed E-state index contributed by atoms with van der Waals surface area (Å²) in [4.78, 5) is 2.30. The second kappa shape index (κ2) is 10.6. The number of fused-ring (bicyclic) bond motifs is 10. The van der Waals surface area contributed by atoms with Crippen LogP contribution in [0.25, 0.3) is 50.1 Å². The molecule has 8 aromatic rings. The van der Waals surface area contributed by atoms with Crippen molar-refractivity contribution in [2.75, 3.05) is 4.90 Å². The minimum atomic E-state index is -0.152. The summed E-state index contributed by atoms with van der Waals surface area (Å²) in [5.41, 5.74) is 18.7. The number of nitrogens with zero attached hydrogens (tertiary/aromatic N) is 2. The van der Waals surface area contributed by atoms with E-state index in [1.165, 1.54) is 72.4 Å². The number of para-hydroxylation sites is 4. The van der Waals surface area contributed by atoms with Gasteiger partial charge in [0.2, 0.25) is 0 Å². The molecule has 0 amide bonds. The first-order chi connectivity index (χ1) is 25.8. The SMILES string of the molecule is CC1(C)c2ccccc2-c2ccc(-n3c4c(c5cc(-c6ccc(N7c8ccccc8Oc8ccccc87)cc6)ccc53)C(C)(C)c3ccccc3-4)cc21. The van der Waals surface area contributed by atoms with Gasteiger partial charge in [-0.15, -0.1) is 0 Å². The van der Waals surface area contributed by atoms with Gasteiger partial charge in [0.25, 0.3) is 0 Å². The number of hydrogen-bond donors (Lipinski definition) is 0. The maximum atomic E-state index is 6.28. The summed E-state index contributed by atoms with van der Waals surface area (Å²) in [6, 6.07) is 57.6. The summed E-state index contributed by atoms with van der Waals surface area (Å²) < 4.78 is 8.82. The topological polar surface area (TPSA) is 17.4 Å². The van der Waals surface area contributed by atoms with Crippen LogP contribution in [0.1, 0.15) is 49.9 Å². The van der Waals surface area contributed by atoms with Gasteiger partial charge in [-0.2, -0.15) is 0 Å². The monoisotopic (exact) mass is 682 g/mol. The number of benzene rings is 7. The molecular weight excluding hydrogens is 645 g/mol. The van der Waals surface area contributed by atoms with E-state index in [1.54, 1.807) is 0 Å². The molecule has 3 aliphatic rings. The van der Waals surface area contributed by atoms with Crippen LogP contribution in [0.2, 0.25) is 0 Å². The highest BCUT2D eigenvalue weighted by molar-refractivity contribution is 6.01. The Morgan fingerprint density at radius 3 is 1.74 bits per heavy atom. The van der Waals surface area contributed by atoms with Crippen LogP contribution in [0, 0.1) is 0 Å². The largest absolute Gasteiger partial charge is 0.453 e. The highest BCUT2D eigenvalue weighted by Gasteiger charge is 2.41. The molecule has 0 spiro atoms. The Morgan fingerprint density at radius 2 is 1.02 bits per heavy atom. The normalized spacial score (nSPS) is 15.2. The van der Waals surface area contributed by atoms with Crippen LogP contribution in [0.15, 0.2) is 158 Å². The second-order valence-electron chi connectivity index (χ2n) is 15.8. The molecule has 0 bridgehead atoms. The Labute approximate surface area is 310 Å². The van der Waals surface area contributed by atoms with Gasteiger partial charge in [0, 0.05) is 33.2 Å². The fourth-order valence-electron chi connectivity index (χ4n) is 9.61. The van der Waals surface area contributed by atoms with Gasteiger partial charge in [-0.3, -0.25) is 0 Å². The van der Waals surface area contributed by atoms with Crippen molar-refractivity contribution in [2.24, 2.45) is 0 Å². The van der Waals surface area contributed by atoms with E-state index >= 15 is 0 Å². The van der Waals surface area contributed by atoms with Crippen molar-refractivity contribution < 1.29 is 4.74 Å². The lowest BCUT2D eigenvalue weighted by Gasteiger charge is -2.32. The number of hydrogen-bond acceptors (Lipinski definition) is 2. The molecule has 0 N–H and O–H groups in total. The zero-order chi connectivity index (χ0) is 35.6. The minimum Gasteiger partial charge on any atom is -0.453 e. The molecule has 3 heteroatoms.